The molecule has 1 aliphatic rings. The van der Waals surface area contributed by atoms with Crippen molar-refractivity contribution in [2.24, 2.45) is 5.92 Å². The number of carbonyl (C=O) groups excluding carboxylic acids is 1. The zero-order valence-electron chi connectivity index (χ0n) is 18.3. The largest absolute Gasteiger partial charge is 0.426 e. The number of nitriles is 1. The molecule has 0 N–H and O–H groups in total. The number of hydrogen-bond acceptors (Lipinski definition) is 5. The molecule has 0 radical (unpaired) electrons. The average Bonchev–Trinajstić information content (AvgIpc) is 2.85. The predicted octanol–water partition coefficient (Wildman–Crippen LogP) is 4.54. The molecular formula is C26H24N2O4S. The van der Waals surface area contributed by atoms with E-state index in [1.807, 2.05) is 31.2 Å². The standard InChI is InChI=1S/C26H24N2O4S/c1-19-2-12-25(13-3-19)33(30,31)28-16-14-23(15-17-28)26(29)32-24-10-8-22(9-11-24)21-6-4-20(18-27)5-7-21/h2-13,23H,14-17H2,1H3. The van der Waals surface area contributed by atoms with Crippen molar-refractivity contribution in [3.05, 3.63) is 83.9 Å². The van der Waals surface area contributed by atoms with Crippen LogP contribution in [0.5, 0.6) is 5.75 Å². The summed E-state index contributed by atoms with van der Waals surface area (Å²) >= 11 is 0. The van der Waals surface area contributed by atoms with Crippen molar-refractivity contribution >= 4 is 16.0 Å². The minimum atomic E-state index is -3.56. The zero-order chi connectivity index (χ0) is 23.4. The molecule has 33 heavy (non-hydrogen) atoms. The van der Waals surface area contributed by atoms with E-state index in [1.54, 1.807) is 48.5 Å². The number of hydrogen-bond donors (Lipinski definition) is 0. The van der Waals surface area contributed by atoms with E-state index in [0.717, 1.165) is 16.7 Å². The second-order valence-corrected chi connectivity index (χ2v) is 10.1. The normalized spacial score (nSPS) is 15.0. The third-order valence-electron chi connectivity index (χ3n) is 5.87. The maximum Gasteiger partial charge on any atom is 0.314 e. The number of rotatable bonds is 5. The van der Waals surface area contributed by atoms with Crippen molar-refractivity contribution in [2.45, 2.75) is 24.7 Å². The highest BCUT2D eigenvalue weighted by Gasteiger charge is 2.33. The van der Waals surface area contributed by atoms with Gasteiger partial charge in [0, 0.05) is 13.1 Å². The van der Waals surface area contributed by atoms with E-state index in [1.165, 1.54) is 4.31 Å². The predicted molar refractivity (Wildman–Crippen MR) is 125 cm³/mol. The lowest BCUT2D eigenvalue weighted by molar-refractivity contribution is -0.140. The second-order valence-electron chi connectivity index (χ2n) is 8.13. The smallest absolute Gasteiger partial charge is 0.314 e. The maximum absolute atomic E-state index is 12.8. The van der Waals surface area contributed by atoms with Crippen LogP contribution in [0.1, 0.15) is 24.0 Å². The van der Waals surface area contributed by atoms with Gasteiger partial charge in [0.25, 0.3) is 0 Å². The first kappa shape index (κ1) is 22.7. The molecule has 3 aromatic rings. The van der Waals surface area contributed by atoms with Gasteiger partial charge in [-0.2, -0.15) is 9.57 Å². The Hall–Kier alpha value is -3.47. The molecule has 0 aromatic heterocycles. The van der Waals surface area contributed by atoms with Crippen molar-refractivity contribution in [3.8, 4) is 22.9 Å². The molecule has 1 aliphatic heterocycles. The molecule has 7 heteroatoms. The minimum Gasteiger partial charge on any atom is -0.426 e. The molecule has 4 rings (SSSR count). The van der Waals surface area contributed by atoms with Gasteiger partial charge in [-0.1, -0.05) is 42.0 Å². The van der Waals surface area contributed by atoms with Crippen molar-refractivity contribution < 1.29 is 17.9 Å². The van der Waals surface area contributed by atoms with Gasteiger partial charge in [-0.3, -0.25) is 4.79 Å². The van der Waals surface area contributed by atoms with Crippen LogP contribution in [-0.2, 0) is 14.8 Å². The summed E-state index contributed by atoms with van der Waals surface area (Å²) < 4.78 is 32.7. The van der Waals surface area contributed by atoms with Crippen molar-refractivity contribution in [1.82, 2.24) is 4.31 Å². The van der Waals surface area contributed by atoms with Gasteiger partial charge in [-0.15, -0.1) is 0 Å². The Bertz CT molecular complexity index is 1270. The highest BCUT2D eigenvalue weighted by Crippen LogP contribution is 2.27. The monoisotopic (exact) mass is 460 g/mol. The highest BCUT2D eigenvalue weighted by molar-refractivity contribution is 7.89. The van der Waals surface area contributed by atoms with E-state index in [2.05, 4.69) is 6.07 Å². The molecule has 1 saturated heterocycles. The fraction of sp³-hybridized carbons (Fsp3) is 0.231. The number of ether oxygens (including phenoxy) is 1. The van der Waals surface area contributed by atoms with E-state index >= 15 is 0 Å². The Labute approximate surface area is 194 Å². The summed E-state index contributed by atoms with van der Waals surface area (Å²) in [5.41, 5.74) is 3.52. The van der Waals surface area contributed by atoms with E-state index in [-0.39, 0.29) is 29.9 Å². The molecule has 0 saturated carbocycles. The van der Waals surface area contributed by atoms with Gasteiger partial charge in [0.15, 0.2) is 0 Å². The fourth-order valence-corrected chi connectivity index (χ4v) is 5.31. The van der Waals surface area contributed by atoms with Crippen LogP contribution in [0, 0.1) is 24.2 Å². The van der Waals surface area contributed by atoms with Crippen LogP contribution < -0.4 is 4.74 Å². The van der Waals surface area contributed by atoms with Crippen LogP contribution in [0.25, 0.3) is 11.1 Å². The Morgan fingerprint density at radius 3 is 2.00 bits per heavy atom. The van der Waals surface area contributed by atoms with Gasteiger partial charge in [0.2, 0.25) is 10.0 Å². The molecule has 3 aromatic carbocycles. The van der Waals surface area contributed by atoms with Crippen LogP contribution >= 0.6 is 0 Å². The third-order valence-corrected chi connectivity index (χ3v) is 7.78. The summed E-state index contributed by atoms with van der Waals surface area (Å²) in [4.78, 5) is 12.9. The van der Waals surface area contributed by atoms with Crippen LogP contribution in [0.15, 0.2) is 77.7 Å². The van der Waals surface area contributed by atoms with Crippen LogP contribution in [0.2, 0.25) is 0 Å². The average molecular weight is 461 g/mol. The van der Waals surface area contributed by atoms with Crippen LogP contribution in [-0.4, -0.2) is 31.8 Å². The van der Waals surface area contributed by atoms with E-state index < -0.39 is 10.0 Å². The number of nitrogens with zero attached hydrogens (tertiary/aromatic N) is 2. The summed E-state index contributed by atoms with van der Waals surface area (Å²) in [6.07, 6.45) is 0.848. The number of carbonyl (C=O) groups is 1. The first-order valence-electron chi connectivity index (χ1n) is 10.8. The van der Waals surface area contributed by atoms with E-state index in [9.17, 15) is 13.2 Å². The highest BCUT2D eigenvalue weighted by atomic mass is 32.2. The summed E-state index contributed by atoms with van der Waals surface area (Å²) in [6, 6.07) is 23.4. The van der Waals surface area contributed by atoms with Gasteiger partial charge in [0.05, 0.1) is 22.4 Å². The van der Waals surface area contributed by atoms with Gasteiger partial charge >= 0.3 is 5.97 Å². The minimum absolute atomic E-state index is 0.275. The second kappa shape index (κ2) is 9.57. The number of esters is 1. The lowest BCUT2D eigenvalue weighted by atomic mass is 9.98. The molecule has 0 bridgehead atoms. The fourth-order valence-electron chi connectivity index (χ4n) is 3.84. The van der Waals surface area contributed by atoms with Crippen LogP contribution in [0.4, 0.5) is 0 Å². The molecule has 0 amide bonds. The molecule has 0 atom stereocenters. The van der Waals surface area contributed by atoms with Crippen LogP contribution in [0.3, 0.4) is 0 Å². The van der Waals surface area contributed by atoms with Crippen molar-refractivity contribution in [1.29, 1.82) is 5.26 Å². The summed E-state index contributed by atoms with van der Waals surface area (Å²) in [5.74, 6) is -0.228. The maximum atomic E-state index is 12.8. The topological polar surface area (TPSA) is 87.5 Å². The number of benzene rings is 3. The lowest BCUT2D eigenvalue weighted by Crippen LogP contribution is -2.41. The summed E-state index contributed by atoms with van der Waals surface area (Å²) in [6.45, 7) is 2.48. The molecule has 1 fully saturated rings. The van der Waals surface area contributed by atoms with E-state index in [0.29, 0.717) is 24.2 Å². The lowest BCUT2D eigenvalue weighted by Gasteiger charge is -2.30. The van der Waals surface area contributed by atoms with Gasteiger partial charge in [-0.05, 0) is 67.3 Å². The number of aryl methyl sites for hydroxylation is 1. The number of sulfonamides is 1. The van der Waals surface area contributed by atoms with Gasteiger partial charge in [0.1, 0.15) is 5.75 Å². The van der Waals surface area contributed by atoms with E-state index in [4.69, 9.17) is 10.00 Å². The zero-order valence-corrected chi connectivity index (χ0v) is 19.1. The first-order valence-corrected chi connectivity index (χ1v) is 12.2. The molecule has 0 spiro atoms. The molecule has 0 unspecified atom stereocenters. The number of piperidine rings is 1. The first-order chi connectivity index (χ1) is 15.9. The van der Waals surface area contributed by atoms with Crippen molar-refractivity contribution in [3.63, 3.8) is 0 Å². The summed E-state index contributed by atoms with van der Waals surface area (Å²) in [7, 11) is -3.56. The van der Waals surface area contributed by atoms with Gasteiger partial charge in [-0.25, -0.2) is 8.42 Å². The summed E-state index contributed by atoms with van der Waals surface area (Å²) in [5, 5.41) is 8.91. The Kier molecular flexibility index (Phi) is 6.59. The Morgan fingerprint density at radius 2 is 1.45 bits per heavy atom. The Morgan fingerprint density at radius 1 is 0.909 bits per heavy atom. The van der Waals surface area contributed by atoms with Crippen molar-refractivity contribution in [2.75, 3.05) is 13.1 Å². The third kappa shape index (κ3) is 5.14. The molecule has 0 aliphatic carbocycles. The molecule has 168 valence electrons. The SMILES string of the molecule is Cc1ccc(S(=O)(=O)N2CCC(C(=O)Oc3ccc(-c4ccc(C#N)cc4)cc3)CC2)cc1. The Balaban J connectivity index is 1.34. The van der Waals surface area contributed by atoms with Gasteiger partial charge < -0.3 is 4.74 Å². The molecular weight excluding hydrogens is 436 g/mol. The molecule has 1 heterocycles. The molecule has 6 nitrogen and oxygen atoms in total. The quantitative estimate of drug-likeness (QED) is 0.412.